The van der Waals surface area contributed by atoms with Crippen molar-refractivity contribution in [3.8, 4) is 0 Å². The fraction of sp³-hybridized carbons (Fsp3) is 0.750. The maximum Gasteiger partial charge on any atom is 0.321 e. The molecule has 0 aliphatic heterocycles. The largest absolute Gasteiger partial charge is 0.333 e. The van der Waals surface area contributed by atoms with Gasteiger partial charge in [0, 0.05) is 17.5 Å². The summed E-state index contributed by atoms with van der Waals surface area (Å²) in [6, 6.07) is 0.0137. The zero-order valence-electron chi connectivity index (χ0n) is 14.6. The first-order valence-corrected chi connectivity index (χ1v) is 9.37. The van der Waals surface area contributed by atoms with Crippen molar-refractivity contribution in [3.63, 3.8) is 0 Å². The minimum atomic E-state index is -0.470. The molecule has 0 saturated heterocycles. The second kappa shape index (κ2) is 6.38. The number of rotatable bonds is 5. The molecular weight excluding hydrogens is 326 g/mol. The van der Waals surface area contributed by atoms with Crippen LogP contribution < -0.4 is 10.6 Å². The summed E-state index contributed by atoms with van der Waals surface area (Å²) in [6.45, 7) is 7.39. The molecule has 24 heavy (non-hydrogen) atoms. The highest BCUT2D eigenvalue weighted by molar-refractivity contribution is 8.00. The van der Waals surface area contributed by atoms with Gasteiger partial charge in [0.15, 0.2) is 5.16 Å². The molecule has 3 rings (SSSR count). The number of carbonyl (C=O) groups is 2. The van der Waals surface area contributed by atoms with Gasteiger partial charge in [-0.05, 0) is 53.4 Å². The molecule has 7 nitrogen and oxygen atoms in total. The van der Waals surface area contributed by atoms with Crippen LogP contribution in [-0.2, 0) is 4.79 Å². The normalized spacial score (nSPS) is 19.0. The molecule has 1 atom stereocenters. The van der Waals surface area contributed by atoms with E-state index >= 15 is 0 Å². The molecule has 1 aromatic heterocycles. The van der Waals surface area contributed by atoms with E-state index in [0.29, 0.717) is 12.0 Å². The van der Waals surface area contributed by atoms with E-state index in [0.717, 1.165) is 23.8 Å². The summed E-state index contributed by atoms with van der Waals surface area (Å²) in [7, 11) is 0. The molecule has 0 radical (unpaired) electrons. The molecule has 2 N–H and O–H groups in total. The molecule has 1 aromatic rings. The van der Waals surface area contributed by atoms with E-state index in [-0.39, 0.29) is 11.4 Å². The molecule has 0 unspecified atom stereocenters. The third-order valence-corrected chi connectivity index (χ3v) is 4.98. The average molecular weight is 351 g/mol. The lowest BCUT2D eigenvalue weighted by molar-refractivity contribution is -0.119. The number of hydrogen-bond donors (Lipinski definition) is 2. The van der Waals surface area contributed by atoms with E-state index in [1.54, 1.807) is 6.92 Å². The topological polar surface area (TPSA) is 88.9 Å². The third-order valence-electron chi connectivity index (χ3n) is 3.92. The zero-order chi connectivity index (χ0) is 17.5. The Balaban J connectivity index is 1.61. The Morgan fingerprint density at radius 1 is 1.21 bits per heavy atom. The quantitative estimate of drug-likeness (QED) is 0.796. The summed E-state index contributed by atoms with van der Waals surface area (Å²) in [5.74, 6) is 1.28. The number of nitrogens with zero attached hydrogens (tertiary/aromatic N) is 3. The number of nitrogens with one attached hydrogen (secondary N) is 2. The summed E-state index contributed by atoms with van der Waals surface area (Å²) in [5.41, 5.74) is -0.383. The Morgan fingerprint density at radius 3 is 2.42 bits per heavy atom. The standard InChI is InChI=1S/C16H25N5O2S/c1-9(13(22)17-14(23)18-16(2,3)4)24-15-20-19-12(10-5-6-10)21(15)11-7-8-11/h9-11H,5-8H2,1-4H3,(H2,17,18,22,23)/t9-/m1/s1. The van der Waals surface area contributed by atoms with Crippen molar-refractivity contribution in [2.75, 3.05) is 0 Å². The highest BCUT2D eigenvalue weighted by Gasteiger charge is 2.37. The van der Waals surface area contributed by atoms with E-state index in [9.17, 15) is 9.59 Å². The number of thioether (sulfide) groups is 1. The molecule has 1 heterocycles. The fourth-order valence-electron chi connectivity index (χ4n) is 2.46. The van der Waals surface area contributed by atoms with Gasteiger partial charge in [0.05, 0.1) is 5.25 Å². The second-order valence-corrected chi connectivity index (χ2v) is 8.98. The molecule has 2 fully saturated rings. The van der Waals surface area contributed by atoms with Gasteiger partial charge in [-0.1, -0.05) is 11.8 Å². The number of urea groups is 1. The summed E-state index contributed by atoms with van der Waals surface area (Å²) < 4.78 is 2.21. The highest BCUT2D eigenvalue weighted by atomic mass is 32.2. The number of hydrogen-bond acceptors (Lipinski definition) is 5. The minimum absolute atomic E-state index is 0.319. The Kier molecular flexibility index (Phi) is 4.59. The first-order chi connectivity index (χ1) is 11.2. The Bertz CT molecular complexity index is 643. The van der Waals surface area contributed by atoms with E-state index < -0.39 is 11.3 Å². The van der Waals surface area contributed by atoms with Gasteiger partial charge in [0.2, 0.25) is 5.91 Å². The van der Waals surface area contributed by atoms with Crippen LogP contribution in [0.4, 0.5) is 4.79 Å². The van der Waals surface area contributed by atoms with Crippen molar-refractivity contribution in [1.82, 2.24) is 25.4 Å². The van der Waals surface area contributed by atoms with E-state index in [1.807, 2.05) is 20.8 Å². The highest BCUT2D eigenvalue weighted by Crippen LogP contribution is 2.46. The predicted molar refractivity (Wildman–Crippen MR) is 92.0 cm³/mol. The van der Waals surface area contributed by atoms with Crippen LogP contribution in [0.3, 0.4) is 0 Å². The van der Waals surface area contributed by atoms with Gasteiger partial charge in [-0.15, -0.1) is 10.2 Å². The smallest absolute Gasteiger partial charge is 0.321 e. The molecule has 3 amide bonds. The first-order valence-electron chi connectivity index (χ1n) is 8.49. The number of amides is 3. The van der Waals surface area contributed by atoms with Gasteiger partial charge < -0.3 is 9.88 Å². The van der Waals surface area contributed by atoms with Crippen molar-refractivity contribution >= 4 is 23.7 Å². The predicted octanol–water partition coefficient (Wildman–Crippen LogP) is 2.60. The van der Waals surface area contributed by atoms with Crippen LogP contribution in [-0.4, -0.2) is 37.5 Å². The fourth-order valence-corrected chi connectivity index (χ4v) is 3.39. The summed E-state index contributed by atoms with van der Waals surface area (Å²) in [5, 5.41) is 14.1. The molecule has 8 heteroatoms. The Labute approximate surface area is 146 Å². The summed E-state index contributed by atoms with van der Waals surface area (Å²) in [4.78, 5) is 24.1. The van der Waals surface area contributed by atoms with Crippen molar-refractivity contribution in [1.29, 1.82) is 0 Å². The van der Waals surface area contributed by atoms with Crippen LogP contribution >= 0.6 is 11.8 Å². The van der Waals surface area contributed by atoms with Gasteiger partial charge in [-0.3, -0.25) is 10.1 Å². The Hall–Kier alpha value is -1.57. The lowest BCUT2D eigenvalue weighted by Crippen LogP contribution is -2.49. The molecule has 132 valence electrons. The first kappa shape index (κ1) is 17.3. The van der Waals surface area contributed by atoms with Gasteiger partial charge in [0.1, 0.15) is 5.82 Å². The minimum Gasteiger partial charge on any atom is -0.333 e. The van der Waals surface area contributed by atoms with Crippen LogP contribution in [0.5, 0.6) is 0 Å². The molecule has 2 saturated carbocycles. The summed E-state index contributed by atoms with van der Waals surface area (Å²) >= 11 is 1.37. The molecule has 0 aromatic carbocycles. The molecule has 0 spiro atoms. The van der Waals surface area contributed by atoms with Crippen molar-refractivity contribution in [2.45, 2.75) is 81.3 Å². The second-order valence-electron chi connectivity index (χ2n) is 7.67. The molecule has 0 bridgehead atoms. The number of carbonyl (C=O) groups excluding carboxylic acids is 2. The van der Waals surface area contributed by atoms with Crippen LogP contribution in [0.15, 0.2) is 5.16 Å². The molecule has 2 aliphatic rings. The SMILES string of the molecule is C[C@@H](Sc1nnc(C2CC2)n1C1CC1)C(=O)NC(=O)NC(C)(C)C. The third kappa shape index (κ3) is 4.28. The maximum atomic E-state index is 12.2. The van der Waals surface area contributed by atoms with Crippen molar-refractivity contribution < 1.29 is 9.59 Å². The number of imide groups is 1. The van der Waals surface area contributed by atoms with Gasteiger partial charge in [-0.2, -0.15) is 0 Å². The average Bonchev–Trinajstić information content (AvgIpc) is 3.36. The molecule has 2 aliphatic carbocycles. The van der Waals surface area contributed by atoms with Crippen molar-refractivity contribution in [2.24, 2.45) is 0 Å². The van der Waals surface area contributed by atoms with E-state index in [2.05, 4.69) is 25.4 Å². The van der Waals surface area contributed by atoms with Crippen LogP contribution in [0.2, 0.25) is 0 Å². The maximum absolute atomic E-state index is 12.2. The van der Waals surface area contributed by atoms with Gasteiger partial charge in [-0.25, -0.2) is 4.79 Å². The lowest BCUT2D eigenvalue weighted by atomic mass is 10.1. The van der Waals surface area contributed by atoms with Crippen LogP contribution in [0.25, 0.3) is 0 Å². The van der Waals surface area contributed by atoms with Crippen molar-refractivity contribution in [3.05, 3.63) is 5.82 Å². The van der Waals surface area contributed by atoms with Crippen LogP contribution in [0.1, 0.15) is 71.2 Å². The zero-order valence-corrected chi connectivity index (χ0v) is 15.4. The number of aromatic nitrogens is 3. The lowest BCUT2D eigenvalue weighted by Gasteiger charge is -2.21. The monoisotopic (exact) mass is 351 g/mol. The van der Waals surface area contributed by atoms with Crippen LogP contribution in [0, 0.1) is 0 Å². The van der Waals surface area contributed by atoms with E-state index in [1.165, 1.54) is 24.6 Å². The Morgan fingerprint density at radius 2 is 1.88 bits per heavy atom. The summed E-state index contributed by atoms with van der Waals surface area (Å²) in [6.07, 6.45) is 4.66. The van der Waals surface area contributed by atoms with E-state index in [4.69, 9.17) is 0 Å². The van der Waals surface area contributed by atoms with Gasteiger partial charge in [0.25, 0.3) is 0 Å². The molecular formula is C16H25N5O2S. The van der Waals surface area contributed by atoms with Gasteiger partial charge >= 0.3 is 6.03 Å².